The number of nitrogens with one attached hydrogen (secondary N) is 1. The number of hydrogen-bond donors (Lipinski definition) is 1. The first kappa shape index (κ1) is 21.8. The van der Waals surface area contributed by atoms with Crippen molar-refractivity contribution in [1.29, 1.82) is 0 Å². The second kappa shape index (κ2) is 9.80. The summed E-state index contributed by atoms with van der Waals surface area (Å²) in [5, 5.41) is 1.11. The van der Waals surface area contributed by atoms with E-state index < -0.39 is 0 Å². The highest BCUT2D eigenvalue weighted by Crippen LogP contribution is 2.32. The van der Waals surface area contributed by atoms with E-state index in [1.807, 2.05) is 73.7 Å². The fourth-order valence-corrected chi connectivity index (χ4v) is 4.20. The van der Waals surface area contributed by atoms with Crippen LogP contribution in [0.15, 0.2) is 83.8 Å². The van der Waals surface area contributed by atoms with E-state index in [-0.39, 0.29) is 16.1 Å². The Morgan fingerprint density at radius 1 is 1.06 bits per heavy atom. The predicted octanol–water partition coefficient (Wildman–Crippen LogP) is 5.12. The van der Waals surface area contributed by atoms with Crippen molar-refractivity contribution in [1.82, 2.24) is 10.4 Å². The molecule has 7 heteroatoms. The van der Waals surface area contributed by atoms with Gasteiger partial charge in [-0.15, -0.1) is 0 Å². The molecular formula is C25H20N2O3S2. The summed E-state index contributed by atoms with van der Waals surface area (Å²) in [6.45, 7) is 2.40. The second-order valence-electron chi connectivity index (χ2n) is 7.17. The van der Waals surface area contributed by atoms with E-state index >= 15 is 0 Å². The molecule has 0 atom stereocenters. The van der Waals surface area contributed by atoms with Crippen LogP contribution in [0.25, 0.3) is 6.08 Å². The Hall–Kier alpha value is -3.42. The number of thioether (sulfide) groups is 1. The molecule has 0 aliphatic carbocycles. The number of carbonyl (C=O) groups is 2. The van der Waals surface area contributed by atoms with Crippen molar-refractivity contribution in [2.24, 2.45) is 0 Å². The molecule has 160 valence electrons. The van der Waals surface area contributed by atoms with Gasteiger partial charge in [-0.05, 0) is 60.6 Å². The van der Waals surface area contributed by atoms with E-state index in [1.54, 1.807) is 18.2 Å². The Kier molecular flexibility index (Phi) is 6.68. The van der Waals surface area contributed by atoms with Crippen molar-refractivity contribution >= 4 is 46.2 Å². The summed E-state index contributed by atoms with van der Waals surface area (Å²) in [7, 11) is 0. The molecule has 1 fully saturated rings. The Labute approximate surface area is 196 Å². The van der Waals surface area contributed by atoms with Crippen LogP contribution in [0.2, 0.25) is 0 Å². The van der Waals surface area contributed by atoms with Crippen molar-refractivity contribution in [3.63, 3.8) is 0 Å². The van der Waals surface area contributed by atoms with Gasteiger partial charge in [0.1, 0.15) is 12.4 Å². The highest BCUT2D eigenvalue weighted by Gasteiger charge is 2.33. The summed E-state index contributed by atoms with van der Waals surface area (Å²) in [6, 6.07) is 24.5. The van der Waals surface area contributed by atoms with Crippen LogP contribution in [0.3, 0.4) is 0 Å². The Balaban J connectivity index is 1.44. The summed E-state index contributed by atoms with van der Waals surface area (Å²) in [6.07, 6.45) is 1.74. The van der Waals surface area contributed by atoms with Gasteiger partial charge in [0, 0.05) is 5.56 Å². The lowest BCUT2D eigenvalue weighted by Gasteiger charge is -2.15. The van der Waals surface area contributed by atoms with E-state index in [0.29, 0.717) is 22.8 Å². The third-order valence-electron chi connectivity index (χ3n) is 4.73. The van der Waals surface area contributed by atoms with Gasteiger partial charge in [-0.25, -0.2) is 0 Å². The zero-order valence-corrected chi connectivity index (χ0v) is 18.9. The molecule has 3 aromatic carbocycles. The first-order valence-corrected chi connectivity index (χ1v) is 11.1. The third kappa shape index (κ3) is 5.25. The number of ether oxygens (including phenoxy) is 1. The Morgan fingerprint density at radius 3 is 2.56 bits per heavy atom. The fraction of sp³-hybridized carbons (Fsp3) is 0.0800. The SMILES string of the molecule is Cc1ccc(C(=O)NN2C(=O)/C(=C/c3cccc(OCc4ccccc4)c3)SC2=S)cc1. The molecule has 0 aromatic heterocycles. The average molecular weight is 461 g/mol. The van der Waals surface area contributed by atoms with E-state index in [1.165, 1.54) is 0 Å². The molecule has 4 rings (SSSR count). The minimum absolute atomic E-state index is 0.276. The van der Waals surface area contributed by atoms with Crippen LogP contribution < -0.4 is 10.2 Å². The number of carbonyl (C=O) groups excluding carboxylic acids is 2. The molecule has 0 radical (unpaired) electrons. The van der Waals surface area contributed by atoms with Gasteiger partial charge in [-0.1, -0.05) is 71.9 Å². The summed E-state index contributed by atoms with van der Waals surface area (Å²) >= 11 is 6.46. The van der Waals surface area contributed by atoms with Crippen LogP contribution in [-0.2, 0) is 11.4 Å². The molecule has 0 saturated carbocycles. The number of thiocarbonyl (C=S) groups is 1. The highest BCUT2D eigenvalue weighted by atomic mass is 32.2. The van der Waals surface area contributed by atoms with Gasteiger partial charge in [0.15, 0.2) is 4.32 Å². The zero-order valence-electron chi connectivity index (χ0n) is 17.3. The molecule has 32 heavy (non-hydrogen) atoms. The van der Waals surface area contributed by atoms with Gasteiger partial charge in [-0.3, -0.25) is 15.0 Å². The molecule has 3 aromatic rings. The molecule has 1 aliphatic rings. The topological polar surface area (TPSA) is 58.6 Å². The lowest BCUT2D eigenvalue weighted by atomic mass is 10.1. The fourth-order valence-electron chi connectivity index (χ4n) is 3.02. The summed E-state index contributed by atoms with van der Waals surface area (Å²) in [4.78, 5) is 25.8. The van der Waals surface area contributed by atoms with Crippen LogP contribution in [0.1, 0.15) is 27.0 Å². The molecule has 0 spiro atoms. The van der Waals surface area contributed by atoms with Crippen molar-refractivity contribution in [2.75, 3.05) is 0 Å². The van der Waals surface area contributed by atoms with Crippen molar-refractivity contribution in [2.45, 2.75) is 13.5 Å². The van der Waals surface area contributed by atoms with Crippen LogP contribution in [-0.4, -0.2) is 21.1 Å². The third-order valence-corrected chi connectivity index (χ3v) is 6.03. The van der Waals surface area contributed by atoms with Gasteiger partial charge in [-0.2, -0.15) is 5.01 Å². The minimum Gasteiger partial charge on any atom is -0.489 e. The molecule has 1 heterocycles. The number of amides is 2. The van der Waals surface area contributed by atoms with Gasteiger partial charge < -0.3 is 4.74 Å². The highest BCUT2D eigenvalue weighted by molar-refractivity contribution is 8.26. The maximum absolute atomic E-state index is 12.8. The average Bonchev–Trinajstić information content (AvgIpc) is 3.06. The number of rotatable bonds is 6. The molecular weight excluding hydrogens is 440 g/mol. The normalized spacial score (nSPS) is 14.7. The number of benzene rings is 3. The maximum Gasteiger partial charge on any atom is 0.285 e. The number of hydrogen-bond acceptors (Lipinski definition) is 5. The first-order valence-electron chi connectivity index (χ1n) is 9.92. The zero-order chi connectivity index (χ0) is 22.5. The molecule has 0 unspecified atom stereocenters. The number of nitrogens with zero attached hydrogens (tertiary/aromatic N) is 1. The Bertz CT molecular complexity index is 1190. The summed E-state index contributed by atoms with van der Waals surface area (Å²) in [5.74, 6) is -0.0549. The summed E-state index contributed by atoms with van der Waals surface area (Å²) in [5.41, 5.74) is 5.98. The largest absolute Gasteiger partial charge is 0.489 e. The molecule has 1 aliphatic heterocycles. The van der Waals surface area contributed by atoms with Crippen molar-refractivity contribution < 1.29 is 14.3 Å². The Morgan fingerprint density at radius 2 is 1.81 bits per heavy atom. The van der Waals surface area contributed by atoms with E-state index in [9.17, 15) is 9.59 Å². The van der Waals surface area contributed by atoms with Crippen LogP contribution in [0.5, 0.6) is 5.75 Å². The quantitative estimate of drug-likeness (QED) is 0.409. The maximum atomic E-state index is 12.8. The number of hydrazine groups is 1. The minimum atomic E-state index is -0.390. The molecule has 2 amide bonds. The van der Waals surface area contributed by atoms with Gasteiger partial charge in [0.25, 0.3) is 11.8 Å². The first-order chi connectivity index (χ1) is 15.5. The van der Waals surface area contributed by atoms with E-state index in [4.69, 9.17) is 17.0 Å². The molecule has 1 saturated heterocycles. The van der Waals surface area contributed by atoms with E-state index in [2.05, 4.69) is 5.43 Å². The van der Waals surface area contributed by atoms with Crippen LogP contribution in [0, 0.1) is 6.92 Å². The molecule has 1 N–H and O–H groups in total. The predicted molar refractivity (Wildman–Crippen MR) is 131 cm³/mol. The van der Waals surface area contributed by atoms with Crippen molar-refractivity contribution in [3.8, 4) is 5.75 Å². The molecule has 0 bridgehead atoms. The number of aryl methyl sites for hydroxylation is 1. The smallest absolute Gasteiger partial charge is 0.285 e. The molecule has 5 nitrogen and oxygen atoms in total. The van der Waals surface area contributed by atoms with E-state index in [0.717, 1.165) is 33.5 Å². The second-order valence-corrected chi connectivity index (χ2v) is 8.85. The van der Waals surface area contributed by atoms with Gasteiger partial charge >= 0.3 is 0 Å². The lowest BCUT2D eigenvalue weighted by Crippen LogP contribution is -2.44. The standard InChI is InChI=1S/C25H20N2O3S2/c1-17-10-12-20(13-11-17)23(28)26-27-24(29)22(32-25(27)31)15-19-8-5-9-21(14-19)30-16-18-6-3-2-4-7-18/h2-15H,16H2,1H3,(H,26,28)/b22-15-. The van der Waals surface area contributed by atoms with Gasteiger partial charge in [0.05, 0.1) is 4.91 Å². The monoisotopic (exact) mass is 460 g/mol. The lowest BCUT2D eigenvalue weighted by molar-refractivity contribution is -0.123. The van der Waals surface area contributed by atoms with Crippen molar-refractivity contribution in [3.05, 3.63) is 106 Å². The van der Waals surface area contributed by atoms with Gasteiger partial charge in [0.2, 0.25) is 0 Å². The summed E-state index contributed by atoms with van der Waals surface area (Å²) < 4.78 is 6.14. The van der Waals surface area contributed by atoms with Crippen LogP contribution in [0.4, 0.5) is 0 Å². The van der Waals surface area contributed by atoms with Crippen LogP contribution >= 0.6 is 24.0 Å².